The van der Waals surface area contributed by atoms with Crippen LogP contribution in [0.2, 0.25) is 5.02 Å². The number of carbonyl (C=O) groups excluding carboxylic acids is 1. The average Bonchev–Trinajstić information content (AvgIpc) is 2.95. The molecule has 1 amide bonds. The number of nitrogens with zero attached hydrogens (tertiary/aromatic N) is 1. The second-order valence-corrected chi connectivity index (χ2v) is 7.58. The smallest absolute Gasteiger partial charge is 0.254 e. The SMILES string of the molecule is NCCc1cc(-c2ccc(Cl)c(C(=O)NC(O)C3CCCCCC3)c2)[nH]n1. The number of nitrogens with one attached hydrogen (secondary N) is 2. The quantitative estimate of drug-likeness (QED) is 0.449. The van der Waals surface area contributed by atoms with Crippen LogP contribution in [0, 0.1) is 5.92 Å². The van der Waals surface area contributed by atoms with Crippen LogP contribution in [0.4, 0.5) is 0 Å². The largest absolute Gasteiger partial charge is 0.373 e. The first-order valence-electron chi connectivity index (χ1n) is 9.61. The number of rotatable bonds is 6. The zero-order chi connectivity index (χ0) is 19.2. The Morgan fingerprint density at radius 1 is 1.30 bits per heavy atom. The van der Waals surface area contributed by atoms with Crippen LogP contribution in [0.1, 0.15) is 54.6 Å². The number of hydrogen-bond donors (Lipinski definition) is 4. The van der Waals surface area contributed by atoms with Gasteiger partial charge in [-0.15, -0.1) is 0 Å². The second kappa shape index (κ2) is 9.35. The number of aliphatic hydroxyl groups excluding tert-OH is 1. The van der Waals surface area contributed by atoms with E-state index in [0.717, 1.165) is 42.6 Å². The fraction of sp³-hybridized carbons (Fsp3) is 0.500. The summed E-state index contributed by atoms with van der Waals surface area (Å²) in [5.74, 6) is -0.259. The zero-order valence-electron chi connectivity index (χ0n) is 15.4. The maximum Gasteiger partial charge on any atom is 0.254 e. The molecule has 5 N–H and O–H groups in total. The van der Waals surface area contributed by atoms with Gasteiger partial charge in [-0.3, -0.25) is 9.89 Å². The molecule has 2 aromatic rings. The monoisotopic (exact) mass is 390 g/mol. The van der Waals surface area contributed by atoms with Crippen LogP contribution in [-0.2, 0) is 6.42 Å². The van der Waals surface area contributed by atoms with Crippen LogP contribution in [0.25, 0.3) is 11.3 Å². The molecule has 146 valence electrons. The third-order valence-corrected chi connectivity index (χ3v) is 5.51. The standard InChI is InChI=1S/C20H27ClN4O2/c21-17-8-7-14(18-12-15(9-10-22)24-25-18)11-16(17)20(27)23-19(26)13-5-3-1-2-4-6-13/h7-8,11-13,19,26H,1-6,9-10,22H2,(H,23,27)(H,24,25). The highest BCUT2D eigenvalue weighted by atomic mass is 35.5. The molecule has 1 atom stereocenters. The first-order valence-corrected chi connectivity index (χ1v) is 9.99. The topological polar surface area (TPSA) is 104 Å². The minimum atomic E-state index is -0.848. The highest BCUT2D eigenvalue weighted by Crippen LogP contribution is 2.27. The Morgan fingerprint density at radius 2 is 2.04 bits per heavy atom. The van der Waals surface area contributed by atoms with E-state index in [0.29, 0.717) is 23.6 Å². The van der Waals surface area contributed by atoms with Gasteiger partial charge in [0, 0.05) is 17.9 Å². The van der Waals surface area contributed by atoms with Crippen molar-refractivity contribution in [2.75, 3.05) is 6.54 Å². The van der Waals surface area contributed by atoms with Gasteiger partial charge in [-0.1, -0.05) is 43.4 Å². The molecule has 1 aromatic carbocycles. The van der Waals surface area contributed by atoms with Crippen molar-refractivity contribution < 1.29 is 9.90 Å². The van der Waals surface area contributed by atoms with Crippen molar-refractivity contribution in [3.63, 3.8) is 0 Å². The Kier molecular flexibility index (Phi) is 6.88. The fourth-order valence-electron chi connectivity index (χ4n) is 3.61. The lowest BCUT2D eigenvalue weighted by molar-refractivity contribution is 0.0532. The molecule has 0 spiro atoms. The van der Waals surface area contributed by atoms with E-state index < -0.39 is 6.23 Å². The number of halogens is 1. The lowest BCUT2D eigenvalue weighted by atomic mass is 9.98. The molecule has 1 heterocycles. The Labute approximate surface area is 164 Å². The molecule has 1 fully saturated rings. The summed E-state index contributed by atoms with van der Waals surface area (Å²) in [6.45, 7) is 0.525. The molecule has 1 aromatic heterocycles. The summed E-state index contributed by atoms with van der Waals surface area (Å²) in [4.78, 5) is 12.7. The average molecular weight is 391 g/mol. The number of aliphatic hydroxyl groups is 1. The van der Waals surface area contributed by atoms with E-state index in [9.17, 15) is 9.90 Å². The van der Waals surface area contributed by atoms with Gasteiger partial charge in [-0.25, -0.2) is 0 Å². The lowest BCUT2D eigenvalue weighted by Crippen LogP contribution is -2.40. The molecule has 0 radical (unpaired) electrons. The molecule has 0 aliphatic heterocycles. The number of nitrogens with two attached hydrogens (primary N) is 1. The number of H-pyrrole nitrogens is 1. The number of aromatic nitrogens is 2. The van der Waals surface area contributed by atoms with Gasteiger partial charge in [-0.2, -0.15) is 5.10 Å². The predicted molar refractivity (Wildman–Crippen MR) is 106 cm³/mol. The summed E-state index contributed by atoms with van der Waals surface area (Å²) in [5, 5.41) is 20.7. The van der Waals surface area contributed by atoms with Crippen molar-refractivity contribution in [2.24, 2.45) is 11.7 Å². The third kappa shape index (κ3) is 5.09. The number of amides is 1. The number of aromatic amines is 1. The number of carbonyl (C=O) groups is 1. The van der Waals surface area contributed by atoms with Gasteiger partial charge < -0.3 is 16.2 Å². The molecule has 3 rings (SSSR count). The van der Waals surface area contributed by atoms with Crippen LogP contribution in [0.5, 0.6) is 0 Å². The zero-order valence-corrected chi connectivity index (χ0v) is 16.1. The number of hydrogen-bond acceptors (Lipinski definition) is 4. The highest BCUT2D eigenvalue weighted by Gasteiger charge is 2.23. The van der Waals surface area contributed by atoms with Gasteiger partial charge in [-0.05, 0) is 37.6 Å². The molecule has 1 aliphatic rings. The molecule has 6 nitrogen and oxygen atoms in total. The van der Waals surface area contributed by atoms with E-state index in [1.54, 1.807) is 12.1 Å². The molecular weight excluding hydrogens is 364 g/mol. The molecule has 0 bridgehead atoms. The van der Waals surface area contributed by atoms with Crippen molar-refractivity contribution >= 4 is 17.5 Å². The minimum absolute atomic E-state index is 0.102. The van der Waals surface area contributed by atoms with E-state index in [2.05, 4.69) is 15.5 Å². The molecule has 1 unspecified atom stereocenters. The van der Waals surface area contributed by atoms with Crippen molar-refractivity contribution in [3.8, 4) is 11.3 Å². The first-order chi connectivity index (χ1) is 13.1. The lowest BCUT2D eigenvalue weighted by Gasteiger charge is -2.22. The van der Waals surface area contributed by atoms with Gasteiger partial charge >= 0.3 is 0 Å². The summed E-state index contributed by atoms with van der Waals surface area (Å²) in [5.41, 5.74) is 8.39. The summed E-state index contributed by atoms with van der Waals surface area (Å²) < 4.78 is 0. The summed E-state index contributed by atoms with van der Waals surface area (Å²) in [7, 11) is 0. The summed E-state index contributed by atoms with van der Waals surface area (Å²) >= 11 is 6.24. The Hall–Kier alpha value is -1.89. The molecule has 7 heteroatoms. The summed E-state index contributed by atoms with van der Waals surface area (Å²) in [6, 6.07) is 7.16. The fourth-order valence-corrected chi connectivity index (χ4v) is 3.81. The van der Waals surface area contributed by atoms with Gasteiger partial charge in [0.2, 0.25) is 0 Å². The molecular formula is C20H27ClN4O2. The third-order valence-electron chi connectivity index (χ3n) is 5.18. The van der Waals surface area contributed by atoms with E-state index in [1.807, 2.05) is 12.1 Å². The van der Waals surface area contributed by atoms with Crippen LogP contribution >= 0.6 is 11.6 Å². The van der Waals surface area contributed by atoms with Crippen molar-refractivity contribution in [1.82, 2.24) is 15.5 Å². The highest BCUT2D eigenvalue weighted by molar-refractivity contribution is 6.34. The Balaban J connectivity index is 1.73. The maximum absolute atomic E-state index is 12.7. The van der Waals surface area contributed by atoms with Crippen LogP contribution in [0.15, 0.2) is 24.3 Å². The van der Waals surface area contributed by atoms with Crippen molar-refractivity contribution in [2.45, 2.75) is 51.2 Å². The van der Waals surface area contributed by atoms with Crippen LogP contribution in [-0.4, -0.2) is 34.0 Å². The summed E-state index contributed by atoms with van der Waals surface area (Å²) in [6.07, 6.45) is 6.30. The van der Waals surface area contributed by atoms with Crippen LogP contribution < -0.4 is 11.1 Å². The Bertz CT molecular complexity index is 769. The van der Waals surface area contributed by atoms with Crippen molar-refractivity contribution in [3.05, 3.63) is 40.5 Å². The maximum atomic E-state index is 12.7. The molecule has 1 aliphatic carbocycles. The van der Waals surface area contributed by atoms with E-state index in [-0.39, 0.29) is 11.8 Å². The van der Waals surface area contributed by atoms with E-state index in [1.165, 1.54) is 12.8 Å². The Morgan fingerprint density at radius 3 is 2.74 bits per heavy atom. The molecule has 27 heavy (non-hydrogen) atoms. The first kappa shape index (κ1) is 19.9. The van der Waals surface area contributed by atoms with E-state index in [4.69, 9.17) is 17.3 Å². The minimum Gasteiger partial charge on any atom is -0.373 e. The predicted octanol–water partition coefficient (Wildman–Crippen LogP) is 3.25. The van der Waals surface area contributed by atoms with Crippen LogP contribution in [0.3, 0.4) is 0 Å². The van der Waals surface area contributed by atoms with Gasteiger partial charge in [0.05, 0.1) is 22.0 Å². The van der Waals surface area contributed by atoms with E-state index >= 15 is 0 Å². The number of benzene rings is 1. The second-order valence-electron chi connectivity index (χ2n) is 7.18. The van der Waals surface area contributed by atoms with Gasteiger partial charge in [0.25, 0.3) is 5.91 Å². The normalized spacial score (nSPS) is 16.7. The molecule has 0 saturated heterocycles. The van der Waals surface area contributed by atoms with Crippen molar-refractivity contribution in [1.29, 1.82) is 0 Å². The molecule has 1 saturated carbocycles. The van der Waals surface area contributed by atoms with Gasteiger partial charge in [0.15, 0.2) is 0 Å². The van der Waals surface area contributed by atoms with Gasteiger partial charge in [0.1, 0.15) is 6.23 Å².